The van der Waals surface area contributed by atoms with Gasteiger partial charge < -0.3 is 19.5 Å². The second kappa shape index (κ2) is 9.98. The summed E-state index contributed by atoms with van der Waals surface area (Å²) in [6, 6.07) is 9.73. The molecule has 150 valence electrons. The lowest BCUT2D eigenvalue weighted by atomic mass is 10.1. The van der Waals surface area contributed by atoms with Crippen molar-refractivity contribution in [2.75, 3.05) is 26.3 Å². The highest BCUT2D eigenvalue weighted by Gasteiger charge is 2.23. The zero-order valence-corrected chi connectivity index (χ0v) is 16.1. The third-order valence-electron chi connectivity index (χ3n) is 4.78. The molecule has 3 rings (SSSR count). The van der Waals surface area contributed by atoms with E-state index in [1.165, 1.54) is 0 Å². The summed E-state index contributed by atoms with van der Waals surface area (Å²) < 4.78 is 10.6. The number of carbonyl (C=O) groups is 2. The first kappa shape index (κ1) is 20.0. The molecule has 1 fully saturated rings. The molecule has 1 aliphatic heterocycles. The molecule has 0 saturated carbocycles. The minimum Gasteiger partial charge on any atom is -0.381 e. The van der Waals surface area contributed by atoms with Crippen molar-refractivity contribution < 1.29 is 18.8 Å². The quantitative estimate of drug-likeness (QED) is 0.743. The maximum Gasteiger partial charge on any atom is 0.227 e. The summed E-state index contributed by atoms with van der Waals surface area (Å²) in [5, 5.41) is 6.81. The average Bonchev–Trinajstić information content (AvgIpc) is 3.20. The molecule has 0 unspecified atom stereocenters. The fourth-order valence-corrected chi connectivity index (χ4v) is 3.28. The Balaban J connectivity index is 1.41. The molecular weight excluding hydrogens is 360 g/mol. The van der Waals surface area contributed by atoms with Gasteiger partial charge in [0.05, 0.1) is 0 Å². The zero-order chi connectivity index (χ0) is 19.8. The van der Waals surface area contributed by atoms with Crippen molar-refractivity contribution in [2.45, 2.75) is 38.6 Å². The minimum atomic E-state index is -0.102. The number of nitrogens with zero attached hydrogens (tertiary/aromatic N) is 3. The molecule has 1 aromatic heterocycles. The van der Waals surface area contributed by atoms with Gasteiger partial charge in [0.2, 0.25) is 23.5 Å². The number of aromatic nitrogens is 2. The maximum absolute atomic E-state index is 12.1. The molecule has 28 heavy (non-hydrogen) atoms. The summed E-state index contributed by atoms with van der Waals surface area (Å²) in [5.74, 6) is 0.876. The number of carbonyl (C=O) groups excluding carboxylic acids is 2. The van der Waals surface area contributed by atoms with E-state index in [2.05, 4.69) is 15.5 Å². The lowest BCUT2D eigenvalue weighted by molar-refractivity contribution is -0.133. The van der Waals surface area contributed by atoms with Crippen LogP contribution < -0.4 is 5.32 Å². The predicted octanol–water partition coefficient (Wildman–Crippen LogP) is 1.81. The normalized spacial score (nSPS) is 14.6. The number of nitrogens with one attached hydrogen (secondary N) is 1. The van der Waals surface area contributed by atoms with Crippen LogP contribution in [0.5, 0.6) is 0 Å². The first-order valence-corrected chi connectivity index (χ1v) is 9.63. The molecule has 0 radical (unpaired) electrons. The maximum atomic E-state index is 12.1. The molecule has 1 N–H and O–H groups in total. The van der Waals surface area contributed by atoms with E-state index in [-0.39, 0.29) is 24.3 Å². The van der Waals surface area contributed by atoms with Crippen molar-refractivity contribution in [1.82, 2.24) is 20.4 Å². The van der Waals surface area contributed by atoms with Gasteiger partial charge in [-0.3, -0.25) is 9.59 Å². The number of benzene rings is 1. The van der Waals surface area contributed by atoms with Crippen molar-refractivity contribution >= 4 is 11.8 Å². The largest absolute Gasteiger partial charge is 0.381 e. The second-order valence-corrected chi connectivity index (χ2v) is 6.78. The van der Waals surface area contributed by atoms with Crippen LogP contribution in [0.15, 0.2) is 34.9 Å². The van der Waals surface area contributed by atoms with Gasteiger partial charge in [0.25, 0.3) is 0 Å². The molecule has 1 aromatic carbocycles. The number of hydrogen-bond donors (Lipinski definition) is 1. The number of hydrogen-bond acceptors (Lipinski definition) is 6. The molecule has 2 heterocycles. The van der Waals surface area contributed by atoms with Gasteiger partial charge in [-0.05, 0) is 12.8 Å². The predicted molar refractivity (Wildman–Crippen MR) is 102 cm³/mol. The van der Waals surface area contributed by atoms with Crippen LogP contribution in [0.1, 0.15) is 32.1 Å². The van der Waals surface area contributed by atoms with E-state index in [1.807, 2.05) is 35.2 Å². The SMILES string of the molecule is CC(=O)N(CCNC(=O)CCc1nc(-c2ccccc2)no1)C1CCOCC1. The third kappa shape index (κ3) is 5.63. The molecule has 0 spiro atoms. The molecule has 2 aromatic rings. The smallest absolute Gasteiger partial charge is 0.227 e. The Morgan fingerprint density at radius 3 is 2.68 bits per heavy atom. The lowest BCUT2D eigenvalue weighted by Crippen LogP contribution is -2.46. The van der Waals surface area contributed by atoms with E-state index in [0.29, 0.717) is 44.4 Å². The van der Waals surface area contributed by atoms with Crippen LogP contribution in [0.4, 0.5) is 0 Å². The van der Waals surface area contributed by atoms with Crippen LogP contribution in [-0.2, 0) is 20.7 Å². The molecule has 0 aliphatic carbocycles. The third-order valence-corrected chi connectivity index (χ3v) is 4.78. The van der Waals surface area contributed by atoms with Crippen molar-refractivity contribution in [3.05, 3.63) is 36.2 Å². The Kier molecular flexibility index (Phi) is 7.13. The molecule has 0 bridgehead atoms. The Labute approximate surface area is 164 Å². The van der Waals surface area contributed by atoms with E-state index in [9.17, 15) is 9.59 Å². The van der Waals surface area contributed by atoms with Gasteiger partial charge in [-0.2, -0.15) is 4.98 Å². The Hall–Kier alpha value is -2.74. The number of ether oxygens (including phenoxy) is 1. The van der Waals surface area contributed by atoms with E-state index >= 15 is 0 Å². The van der Waals surface area contributed by atoms with E-state index in [0.717, 1.165) is 18.4 Å². The van der Waals surface area contributed by atoms with Crippen LogP contribution in [0, 0.1) is 0 Å². The Morgan fingerprint density at radius 2 is 1.96 bits per heavy atom. The topological polar surface area (TPSA) is 97.6 Å². The van der Waals surface area contributed by atoms with Gasteiger partial charge in [-0.1, -0.05) is 35.5 Å². The highest BCUT2D eigenvalue weighted by Crippen LogP contribution is 2.16. The van der Waals surface area contributed by atoms with Gasteiger partial charge >= 0.3 is 0 Å². The first-order valence-electron chi connectivity index (χ1n) is 9.63. The molecule has 2 amide bonds. The summed E-state index contributed by atoms with van der Waals surface area (Å²) in [7, 11) is 0. The van der Waals surface area contributed by atoms with Crippen LogP contribution in [-0.4, -0.2) is 59.2 Å². The first-order chi connectivity index (χ1) is 13.6. The van der Waals surface area contributed by atoms with Crippen molar-refractivity contribution in [2.24, 2.45) is 0 Å². The molecular formula is C20H26N4O4. The van der Waals surface area contributed by atoms with Crippen LogP contribution >= 0.6 is 0 Å². The van der Waals surface area contributed by atoms with Crippen molar-refractivity contribution in [1.29, 1.82) is 0 Å². The van der Waals surface area contributed by atoms with E-state index < -0.39 is 0 Å². The molecule has 0 atom stereocenters. The summed E-state index contributed by atoms with van der Waals surface area (Å²) in [6.07, 6.45) is 2.32. The highest BCUT2D eigenvalue weighted by molar-refractivity contribution is 5.76. The number of amides is 2. The van der Waals surface area contributed by atoms with Crippen molar-refractivity contribution in [3.63, 3.8) is 0 Å². The van der Waals surface area contributed by atoms with Gasteiger partial charge in [-0.25, -0.2) is 0 Å². The zero-order valence-electron chi connectivity index (χ0n) is 16.1. The molecule has 8 nitrogen and oxygen atoms in total. The monoisotopic (exact) mass is 386 g/mol. The Morgan fingerprint density at radius 1 is 1.21 bits per heavy atom. The number of rotatable bonds is 8. The molecule has 1 saturated heterocycles. The van der Waals surface area contributed by atoms with E-state index in [4.69, 9.17) is 9.26 Å². The van der Waals surface area contributed by atoms with E-state index in [1.54, 1.807) is 6.92 Å². The summed E-state index contributed by atoms with van der Waals surface area (Å²) >= 11 is 0. The summed E-state index contributed by atoms with van der Waals surface area (Å²) in [6.45, 7) is 3.85. The minimum absolute atomic E-state index is 0.0282. The average molecular weight is 386 g/mol. The standard InChI is InChI=1S/C20H26N4O4/c1-15(25)24(17-9-13-27-14-10-17)12-11-21-18(26)7-8-19-22-20(23-28-19)16-5-3-2-4-6-16/h2-6,17H,7-14H2,1H3,(H,21,26). The number of aryl methyl sites for hydroxylation is 1. The van der Waals surface area contributed by atoms with Gasteiger partial charge in [0, 0.05) is 57.7 Å². The van der Waals surface area contributed by atoms with Gasteiger partial charge in [0.1, 0.15) is 0 Å². The summed E-state index contributed by atoms with van der Waals surface area (Å²) in [4.78, 5) is 30.1. The Bertz CT molecular complexity index is 772. The van der Waals surface area contributed by atoms with Crippen LogP contribution in [0.25, 0.3) is 11.4 Å². The van der Waals surface area contributed by atoms with Crippen LogP contribution in [0.2, 0.25) is 0 Å². The van der Waals surface area contributed by atoms with Crippen LogP contribution in [0.3, 0.4) is 0 Å². The molecule has 8 heteroatoms. The molecule has 1 aliphatic rings. The second-order valence-electron chi connectivity index (χ2n) is 6.78. The highest BCUT2D eigenvalue weighted by atomic mass is 16.5. The fourth-order valence-electron chi connectivity index (χ4n) is 3.28. The fraction of sp³-hybridized carbons (Fsp3) is 0.500. The van der Waals surface area contributed by atoms with Gasteiger partial charge in [-0.15, -0.1) is 0 Å². The lowest BCUT2D eigenvalue weighted by Gasteiger charge is -2.33. The van der Waals surface area contributed by atoms with Gasteiger partial charge in [0.15, 0.2) is 0 Å². The van der Waals surface area contributed by atoms with Crippen molar-refractivity contribution in [3.8, 4) is 11.4 Å². The summed E-state index contributed by atoms with van der Waals surface area (Å²) in [5.41, 5.74) is 0.874.